The van der Waals surface area contributed by atoms with Crippen LogP contribution in [0.5, 0.6) is 0 Å². The molecule has 0 aromatic rings. The molecule has 0 spiro atoms. The molecule has 1 aliphatic heterocycles. The predicted molar refractivity (Wildman–Crippen MR) is 52.5 cm³/mol. The van der Waals surface area contributed by atoms with E-state index in [1.807, 2.05) is 0 Å². The average Bonchev–Trinajstić information content (AvgIpc) is 2.18. The Morgan fingerprint density at radius 3 is 2.93 bits per heavy atom. The highest BCUT2D eigenvalue weighted by Gasteiger charge is 2.29. The van der Waals surface area contributed by atoms with Crippen LogP contribution in [0.4, 0.5) is 0 Å². The molecular weight excluding hydrogens is 200 g/mol. The fraction of sp³-hybridized carbons (Fsp3) is 0.778. The van der Waals surface area contributed by atoms with Crippen molar-refractivity contribution in [1.29, 1.82) is 0 Å². The number of rotatable bonds is 4. The van der Waals surface area contributed by atoms with Crippen LogP contribution in [0.3, 0.4) is 0 Å². The van der Waals surface area contributed by atoms with Crippen LogP contribution in [-0.2, 0) is 14.3 Å². The van der Waals surface area contributed by atoms with E-state index < -0.39 is 12.0 Å². The van der Waals surface area contributed by atoms with Crippen LogP contribution < -0.4 is 5.32 Å². The van der Waals surface area contributed by atoms with Crippen LogP contribution in [0.25, 0.3) is 0 Å². The molecule has 0 aromatic heterocycles. The van der Waals surface area contributed by atoms with Gasteiger partial charge < -0.3 is 15.2 Å². The van der Waals surface area contributed by atoms with Gasteiger partial charge in [-0.05, 0) is 6.92 Å². The normalized spacial score (nSPS) is 22.3. The number of nitrogens with zero attached hydrogens (tertiary/aromatic N) is 1. The van der Waals surface area contributed by atoms with Gasteiger partial charge in [0.1, 0.15) is 6.04 Å². The number of carboxylic acid groups (broad SMARTS) is 1. The maximum Gasteiger partial charge on any atom is 0.322 e. The number of ether oxygens (including phenoxy) is 1. The van der Waals surface area contributed by atoms with E-state index in [2.05, 4.69) is 5.32 Å². The van der Waals surface area contributed by atoms with Crippen molar-refractivity contribution in [2.24, 2.45) is 0 Å². The van der Waals surface area contributed by atoms with E-state index in [1.54, 1.807) is 11.8 Å². The lowest BCUT2D eigenvalue weighted by molar-refractivity contribution is -0.149. The van der Waals surface area contributed by atoms with Crippen LogP contribution >= 0.6 is 0 Å². The Hall–Kier alpha value is -1.14. The molecule has 1 aliphatic rings. The van der Waals surface area contributed by atoms with Gasteiger partial charge >= 0.3 is 11.9 Å². The molecule has 1 heterocycles. The molecule has 0 aliphatic carbocycles. The van der Waals surface area contributed by atoms with Crippen LogP contribution in [0.1, 0.15) is 6.92 Å². The first kappa shape index (κ1) is 11.9. The van der Waals surface area contributed by atoms with Crippen LogP contribution in [0.15, 0.2) is 0 Å². The van der Waals surface area contributed by atoms with Gasteiger partial charge in [-0.1, -0.05) is 0 Å². The van der Waals surface area contributed by atoms with E-state index in [-0.39, 0.29) is 12.5 Å². The van der Waals surface area contributed by atoms with E-state index >= 15 is 0 Å². The monoisotopic (exact) mass is 216 g/mol. The topological polar surface area (TPSA) is 78.9 Å². The standard InChI is InChI=1S/C9H16N2O4/c1-2-15-8(12)6-11-4-3-10-5-7(11)9(13)14/h7,10H,2-6H2,1H3,(H,13,14). The quantitative estimate of drug-likeness (QED) is 0.581. The Bertz CT molecular complexity index is 244. The Morgan fingerprint density at radius 1 is 1.60 bits per heavy atom. The molecule has 15 heavy (non-hydrogen) atoms. The molecule has 0 aromatic carbocycles. The number of hydrogen-bond acceptors (Lipinski definition) is 5. The molecule has 6 heteroatoms. The molecule has 0 bridgehead atoms. The molecule has 1 atom stereocenters. The zero-order valence-electron chi connectivity index (χ0n) is 8.73. The van der Waals surface area contributed by atoms with Crippen molar-refractivity contribution in [2.75, 3.05) is 32.8 Å². The summed E-state index contributed by atoms with van der Waals surface area (Å²) >= 11 is 0. The summed E-state index contributed by atoms with van der Waals surface area (Å²) in [6.45, 7) is 3.72. The molecule has 1 fully saturated rings. The van der Waals surface area contributed by atoms with E-state index in [0.717, 1.165) is 0 Å². The fourth-order valence-electron chi connectivity index (χ4n) is 1.55. The Balaban J connectivity index is 2.49. The van der Waals surface area contributed by atoms with Crippen molar-refractivity contribution < 1.29 is 19.4 Å². The van der Waals surface area contributed by atoms with E-state index in [9.17, 15) is 9.59 Å². The molecule has 1 unspecified atom stereocenters. The number of esters is 1. The number of nitrogens with one attached hydrogen (secondary N) is 1. The number of aliphatic carboxylic acids is 1. The van der Waals surface area contributed by atoms with E-state index in [0.29, 0.717) is 26.2 Å². The highest BCUT2D eigenvalue weighted by Crippen LogP contribution is 2.03. The van der Waals surface area contributed by atoms with Gasteiger partial charge in [0.25, 0.3) is 0 Å². The predicted octanol–water partition coefficient (Wildman–Crippen LogP) is -1.09. The summed E-state index contributed by atoms with van der Waals surface area (Å²) < 4.78 is 4.78. The van der Waals surface area contributed by atoms with Crippen molar-refractivity contribution in [3.8, 4) is 0 Å². The van der Waals surface area contributed by atoms with Crippen LogP contribution in [0, 0.1) is 0 Å². The number of carboxylic acids is 1. The smallest absolute Gasteiger partial charge is 0.322 e. The third-order valence-electron chi connectivity index (χ3n) is 2.28. The largest absolute Gasteiger partial charge is 0.480 e. The van der Waals surface area contributed by atoms with E-state index in [1.165, 1.54) is 0 Å². The summed E-state index contributed by atoms with van der Waals surface area (Å²) in [6, 6.07) is -0.636. The van der Waals surface area contributed by atoms with Gasteiger partial charge in [-0.2, -0.15) is 0 Å². The van der Waals surface area contributed by atoms with Crippen molar-refractivity contribution in [3.63, 3.8) is 0 Å². The molecule has 2 N–H and O–H groups in total. The van der Waals surface area contributed by atoms with Crippen molar-refractivity contribution in [3.05, 3.63) is 0 Å². The second-order valence-electron chi connectivity index (χ2n) is 3.33. The van der Waals surface area contributed by atoms with Crippen molar-refractivity contribution in [1.82, 2.24) is 10.2 Å². The minimum Gasteiger partial charge on any atom is -0.480 e. The fourth-order valence-corrected chi connectivity index (χ4v) is 1.55. The summed E-state index contributed by atoms with van der Waals surface area (Å²) in [5.74, 6) is -1.28. The summed E-state index contributed by atoms with van der Waals surface area (Å²) in [6.07, 6.45) is 0. The Morgan fingerprint density at radius 2 is 2.33 bits per heavy atom. The maximum absolute atomic E-state index is 11.2. The average molecular weight is 216 g/mol. The molecule has 1 saturated heterocycles. The summed E-state index contributed by atoms with van der Waals surface area (Å²) in [7, 11) is 0. The van der Waals surface area contributed by atoms with E-state index in [4.69, 9.17) is 9.84 Å². The van der Waals surface area contributed by atoms with Crippen molar-refractivity contribution >= 4 is 11.9 Å². The summed E-state index contributed by atoms with van der Waals surface area (Å²) in [5.41, 5.74) is 0. The van der Waals surface area contributed by atoms with Gasteiger partial charge in [-0.25, -0.2) is 0 Å². The van der Waals surface area contributed by atoms with Gasteiger partial charge in [0.05, 0.1) is 13.2 Å². The minimum atomic E-state index is -0.911. The van der Waals surface area contributed by atoms with Crippen molar-refractivity contribution in [2.45, 2.75) is 13.0 Å². The first-order valence-electron chi connectivity index (χ1n) is 4.98. The second kappa shape index (κ2) is 5.67. The second-order valence-corrected chi connectivity index (χ2v) is 3.33. The third kappa shape index (κ3) is 3.49. The van der Waals surface area contributed by atoms with Gasteiger partial charge in [0, 0.05) is 19.6 Å². The number of carbonyl (C=O) groups is 2. The lowest BCUT2D eigenvalue weighted by atomic mass is 10.2. The van der Waals surface area contributed by atoms with Crippen LogP contribution in [0.2, 0.25) is 0 Å². The zero-order valence-corrected chi connectivity index (χ0v) is 8.73. The highest BCUT2D eigenvalue weighted by atomic mass is 16.5. The van der Waals surface area contributed by atoms with Gasteiger partial charge in [0.2, 0.25) is 0 Å². The summed E-state index contributed by atoms with van der Waals surface area (Å²) in [5, 5.41) is 11.9. The zero-order chi connectivity index (χ0) is 11.3. The highest BCUT2D eigenvalue weighted by molar-refractivity contribution is 5.76. The molecule has 0 radical (unpaired) electrons. The molecule has 1 rings (SSSR count). The molecule has 0 saturated carbocycles. The van der Waals surface area contributed by atoms with Gasteiger partial charge in [0.15, 0.2) is 0 Å². The number of hydrogen-bond donors (Lipinski definition) is 2. The number of carbonyl (C=O) groups excluding carboxylic acids is 1. The lowest BCUT2D eigenvalue weighted by Crippen LogP contribution is -2.56. The molecular formula is C9H16N2O4. The Labute approximate surface area is 88.2 Å². The molecule has 0 amide bonds. The third-order valence-corrected chi connectivity index (χ3v) is 2.28. The molecule has 6 nitrogen and oxygen atoms in total. The SMILES string of the molecule is CCOC(=O)CN1CCNCC1C(=O)O. The maximum atomic E-state index is 11.2. The van der Waals surface area contributed by atoms with Gasteiger partial charge in [-0.3, -0.25) is 14.5 Å². The lowest BCUT2D eigenvalue weighted by Gasteiger charge is -2.32. The first-order valence-corrected chi connectivity index (χ1v) is 4.98. The van der Waals surface area contributed by atoms with Crippen LogP contribution in [-0.4, -0.2) is 60.8 Å². The summed E-state index contributed by atoms with van der Waals surface area (Å²) in [4.78, 5) is 23.7. The number of piperazine rings is 1. The molecule has 86 valence electrons. The van der Waals surface area contributed by atoms with Gasteiger partial charge in [-0.15, -0.1) is 0 Å². The minimum absolute atomic E-state index is 0.0481. The Kier molecular flexibility index (Phi) is 4.51. The first-order chi connectivity index (χ1) is 7.15.